The number of hydrogen-bond acceptors (Lipinski definition) is 6. The van der Waals surface area contributed by atoms with Crippen molar-refractivity contribution in [1.29, 1.82) is 0 Å². The lowest BCUT2D eigenvalue weighted by molar-refractivity contribution is -0.143. The minimum atomic E-state index is -1.29. The maximum Gasteiger partial charge on any atom is 0.343 e. The first kappa shape index (κ1) is 20.7. The van der Waals surface area contributed by atoms with Crippen LogP contribution in [0.15, 0.2) is 48.2 Å². The lowest BCUT2D eigenvalue weighted by Gasteiger charge is -2.29. The quantitative estimate of drug-likeness (QED) is 0.729. The van der Waals surface area contributed by atoms with Gasteiger partial charge >= 0.3 is 5.97 Å². The van der Waals surface area contributed by atoms with Crippen molar-refractivity contribution < 1.29 is 28.5 Å². The molecule has 8 heteroatoms. The molecule has 0 aliphatic carbocycles. The van der Waals surface area contributed by atoms with E-state index >= 15 is 0 Å². The number of methoxy groups -OCH3 is 1. The van der Waals surface area contributed by atoms with Crippen LogP contribution in [0, 0.1) is 5.82 Å². The first-order valence-electron chi connectivity index (χ1n) is 9.55. The van der Waals surface area contributed by atoms with E-state index in [1.807, 2.05) is 4.90 Å². The summed E-state index contributed by atoms with van der Waals surface area (Å²) in [5, 5.41) is 11.4. The third-order valence-corrected chi connectivity index (χ3v) is 5.50. The van der Waals surface area contributed by atoms with E-state index in [9.17, 15) is 14.3 Å². The molecule has 0 radical (unpaired) electrons. The summed E-state index contributed by atoms with van der Waals surface area (Å²) in [6.45, 7) is 2.27. The number of benzene rings is 2. The van der Waals surface area contributed by atoms with E-state index in [0.717, 1.165) is 0 Å². The van der Waals surface area contributed by atoms with Crippen LogP contribution in [-0.4, -0.2) is 50.6 Å². The fraction of sp³-hybridized carbons (Fsp3) is 0.318. The number of anilines is 1. The molecule has 2 unspecified atom stereocenters. The second kappa shape index (κ2) is 8.63. The fourth-order valence-corrected chi connectivity index (χ4v) is 3.84. The molecular formula is C22H21ClFNO5. The molecule has 2 aromatic carbocycles. The summed E-state index contributed by atoms with van der Waals surface area (Å²) in [6, 6.07) is 11.1. The number of nitrogens with zero attached hydrogens (tertiary/aromatic N) is 1. The van der Waals surface area contributed by atoms with Crippen LogP contribution in [0.5, 0.6) is 0 Å². The molecule has 0 spiro atoms. The van der Waals surface area contributed by atoms with E-state index in [1.54, 1.807) is 36.4 Å². The van der Waals surface area contributed by atoms with Crippen molar-refractivity contribution in [2.45, 2.75) is 12.2 Å². The Kier molecular flexibility index (Phi) is 5.94. The summed E-state index contributed by atoms with van der Waals surface area (Å²) in [7, 11) is 1.40. The molecule has 30 heavy (non-hydrogen) atoms. The highest BCUT2D eigenvalue weighted by Crippen LogP contribution is 2.38. The van der Waals surface area contributed by atoms with Crippen molar-refractivity contribution in [2.24, 2.45) is 0 Å². The molecule has 0 saturated carbocycles. The van der Waals surface area contributed by atoms with Crippen molar-refractivity contribution in [3.05, 3.63) is 70.2 Å². The van der Waals surface area contributed by atoms with Gasteiger partial charge in [0.1, 0.15) is 17.5 Å². The van der Waals surface area contributed by atoms with Gasteiger partial charge in [-0.3, -0.25) is 0 Å². The van der Waals surface area contributed by atoms with E-state index in [2.05, 4.69) is 0 Å². The minimum absolute atomic E-state index is 0.187. The van der Waals surface area contributed by atoms with Crippen LogP contribution < -0.4 is 4.90 Å². The van der Waals surface area contributed by atoms with Crippen LogP contribution in [0.25, 0.3) is 5.57 Å². The van der Waals surface area contributed by atoms with Crippen LogP contribution >= 0.6 is 11.6 Å². The molecule has 2 atom stereocenters. The molecular weight excluding hydrogens is 413 g/mol. The summed E-state index contributed by atoms with van der Waals surface area (Å²) in [5.41, 5.74) is 1.50. The van der Waals surface area contributed by atoms with Crippen LogP contribution in [-0.2, 0) is 19.0 Å². The molecule has 1 fully saturated rings. The molecule has 2 aromatic rings. The number of cyclic esters (lactones) is 1. The molecule has 6 nitrogen and oxygen atoms in total. The predicted molar refractivity (Wildman–Crippen MR) is 110 cm³/mol. The molecule has 1 saturated heterocycles. The summed E-state index contributed by atoms with van der Waals surface area (Å²) in [5.74, 6) is -0.894. The summed E-state index contributed by atoms with van der Waals surface area (Å²) < 4.78 is 30.9. The molecule has 0 aromatic heterocycles. The second-order valence-electron chi connectivity index (χ2n) is 7.03. The van der Waals surface area contributed by atoms with Crippen molar-refractivity contribution in [3.8, 4) is 0 Å². The summed E-state index contributed by atoms with van der Waals surface area (Å²) in [4.78, 5) is 14.4. The van der Waals surface area contributed by atoms with Crippen LogP contribution in [0.2, 0.25) is 5.02 Å². The first-order valence-corrected chi connectivity index (χ1v) is 9.92. The van der Waals surface area contributed by atoms with Crippen LogP contribution in [0.3, 0.4) is 0 Å². The average molecular weight is 434 g/mol. The van der Waals surface area contributed by atoms with E-state index in [-0.39, 0.29) is 16.9 Å². The normalized spacial score (nSPS) is 20.3. The van der Waals surface area contributed by atoms with Gasteiger partial charge in [0, 0.05) is 18.1 Å². The number of hydrogen-bond donors (Lipinski definition) is 1. The van der Waals surface area contributed by atoms with Crippen molar-refractivity contribution in [2.75, 3.05) is 38.3 Å². The van der Waals surface area contributed by atoms with Gasteiger partial charge in [-0.2, -0.15) is 0 Å². The standard InChI is InChI=1S/C22H21ClFNO5/c1-28-20-18(13-2-5-15(23)6-3-13)22(27)30-21(20)19(26)14-4-7-17(16(24)12-14)25-8-10-29-11-9-25/h2-7,12,19,21,26H,8-11H2,1H3. The lowest BCUT2D eigenvalue weighted by Crippen LogP contribution is -2.36. The maximum absolute atomic E-state index is 14.8. The third kappa shape index (κ3) is 3.88. The van der Waals surface area contributed by atoms with Gasteiger partial charge in [-0.05, 0) is 35.4 Å². The first-order chi connectivity index (χ1) is 14.5. The smallest absolute Gasteiger partial charge is 0.343 e. The zero-order valence-electron chi connectivity index (χ0n) is 16.3. The number of halogens is 2. The monoisotopic (exact) mass is 433 g/mol. The van der Waals surface area contributed by atoms with Gasteiger partial charge < -0.3 is 24.2 Å². The van der Waals surface area contributed by atoms with Gasteiger partial charge in [0.15, 0.2) is 11.9 Å². The third-order valence-electron chi connectivity index (χ3n) is 5.25. The van der Waals surface area contributed by atoms with E-state index < -0.39 is 24.0 Å². The van der Waals surface area contributed by atoms with Crippen LogP contribution in [0.1, 0.15) is 17.2 Å². The molecule has 0 amide bonds. The van der Waals surface area contributed by atoms with Crippen molar-refractivity contribution in [3.63, 3.8) is 0 Å². The highest BCUT2D eigenvalue weighted by atomic mass is 35.5. The maximum atomic E-state index is 14.8. The topological polar surface area (TPSA) is 68.2 Å². The number of rotatable bonds is 5. The van der Waals surface area contributed by atoms with Gasteiger partial charge in [0.2, 0.25) is 0 Å². The largest absolute Gasteiger partial charge is 0.496 e. The molecule has 2 aliphatic rings. The number of aliphatic hydroxyl groups excluding tert-OH is 1. The van der Waals surface area contributed by atoms with Gasteiger partial charge in [-0.1, -0.05) is 29.8 Å². The summed E-state index contributed by atoms with van der Waals surface area (Å²) >= 11 is 5.92. The predicted octanol–water partition coefficient (Wildman–Crippen LogP) is 3.33. The van der Waals surface area contributed by atoms with Crippen molar-refractivity contribution >= 4 is 28.8 Å². The zero-order chi connectivity index (χ0) is 21.3. The highest BCUT2D eigenvalue weighted by Gasteiger charge is 2.41. The Hall–Kier alpha value is -2.61. The van der Waals surface area contributed by atoms with Crippen LogP contribution in [0.4, 0.5) is 10.1 Å². The Labute approximate surface area is 178 Å². The number of carbonyl (C=O) groups excluding carboxylic acids is 1. The van der Waals surface area contributed by atoms with E-state index in [0.29, 0.717) is 42.6 Å². The van der Waals surface area contributed by atoms with E-state index in [1.165, 1.54) is 13.2 Å². The fourth-order valence-electron chi connectivity index (χ4n) is 3.72. The number of carbonyl (C=O) groups is 1. The SMILES string of the molecule is COC1=C(c2ccc(Cl)cc2)C(=O)OC1C(O)c1ccc(N2CCOCC2)c(F)c1. The number of morpholine rings is 1. The Morgan fingerprint density at radius 2 is 1.90 bits per heavy atom. The molecule has 2 heterocycles. The molecule has 2 aliphatic heterocycles. The molecule has 4 rings (SSSR count). The Balaban J connectivity index is 1.62. The Bertz CT molecular complexity index is 972. The average Bonchev–Trinajstić information content (AvgIpc) is 3.10. The molecule has 158 valence electrons. The van der Waals surface area contributed by atoms with Crippen molar-refractivity contribution in [1.82, 2.24) is 0 Å². The molecule has 0 bridgehead atoms. The lowest BCUT2D eigenvalue weighted by atomic mass is 9.99. The zero-order valence-corrected chi connectivity index (χ0v) is 17.1. The van der Waals surface area contributed by atoms with Gasteiger partial charge in [-0.25, -0.2) is 9.18 Å². The second-order valence-corrected chi connectivity index (χ2v) is 7.47. The van der Waals surface area contributed by atoms with Gasteiger partial charge in [0.05, 0.1) is 26.0 Å². The van der Waals surface area contributed by atoms with Gasteiger partial charge in [-0.15, -0.1) is 0 Å². The van der Waals surface area contributed by atoms with E-state index in [4.69, 9.17) is 25.8 Å². The summed E-state index contributed by atoms with van der Waals surface area (Å²) in [6.07, 6.45) is -2.37. The molecule has 1 N–H and O–H groups in total. The minimum Gasteiger partial charge on any atom is -0.496 e. The Morgan fingerprint density at radius 1 is 1.20 bits per heavy atom. The highest BCUT2D eigenvalue weighted by molar-refractivity contribution is 6.30. The number of ether oxygens (including phenoxy) is 3. The number of esters is 1. The number of aliphatic hydroxyl groups is 1. The van der Waals surface area contributed by atoms with Gasteiger partial charge in [0.25, 0.3) is 0 Å². The Morgan fingerprint density at radius 3 is 2.53 bits per heavy atom.